The predicted octanol–water partition coefficient (Wildman–Crippen LogP) is 7.53. The van der Waals surface area contributed by atoms with Crippen molar-refractivity contribution in [3.63, 3.8) is 0 Å². The summed E-state index contributed by atoms with van der Waals surface area (Å²) in [6.07, 6.45) is 1.47. The molecule has 3 aromatic rings. The van der Waals surface area contributed by atoms with Crippen molar-refractivity contribution in [1.29, 1.82) is 0 Å². The molecule has 0 atom stereocenters. The number of rotatable bonds is 4. The van der Waals surface area contributed by atoms with Gasteiger partial charge < -0.3 is 9.73 Å². The maximum absolute atomic E-state index is 6.20. The number of furan rings is 1. The summed E-state index contributed by atoms with van der Waals surface area (Å²) in [7, 11) is 0. The van der Waals surface area contributed by atoms with E-state index in [1.807, 2.05) is 0 Å². The molecular formula is C18H10Cl5N3OS. The summed E-state index contributed by atoms with van der Waals surface area (Å²) in [4.78, 5) is 0. The maximum atomic E-state index is 6.20. The molecule has 0 spiro atoms. The van der Waals surface area contributed by atoms with E-state index >= 15 is 0 Å². The van der Waals surface area contributed by atoms with E-state index in [4.69, 9.17) is 74.6 Å². The predicted molar refractivity (Wildman–Crippen MR) is 123 cm³/mol. The summed E-state index contributed by atoms with van der Waals surface area (Å²) < 4.78 is 5.70. The van der Waals surface area contributed by atoms with Crippen molar-refractivity contribution in [2.24, 2.45) is 5.10 Å². The van der Waals surface area contributed by atoms with Gasteiger partial charge in [0, 0.05) is 11.3 Å². The van der Waals surface area contributed by atoms with E-state index in [1.165, 1.54) is 6.21 Å². The second-order valence-corrected chi connectivity index (χ2v) is 7.85. The van der Waals surface area contributed by atoms with E-state index in [0.29, 0.717) is 47.9 Å². The van der Waals surface area contributed by atoms with Gasteiger partial charge >= 0.3 is 0 Å². The third-order valence-corrected chi connectivity index (χ3v) is 5.40. The number of halogens is 5. The van der Waals surface area contributed by atoms with Crippen molar-refractivity contribution in [3.05, 3.63) is 73.3 Å². The molecule has 144 valence electrons. The van der Waals surface area contributed by atoms with E-state index < -0.39 is 0 Å². The average molecular weight is 494 g/mol. The molecule has 0 saturated carbocycles. The molecule has 0 aliphatic carbocycles. The monoisotopic (exact) mass is 491 g/mol. The molecule has 0 aliphatic rings. The highest BCUT2D eigenvalue weighted by atomic mass is 35.5. The van der Waals surface area contributed by atoms with E-state index in [1.54, 1.807) is 42.5 Å². The van der Waals surface area contributed by atoms with Crippen LogP contribution in [-0.2, 0) is 0 Å². The maximum Gasteiger partial charge on any atom is 0.191 e. The lowest BCUT2D eigenvalue weighted by molar-refractivity contribution is 0.574. The molecule has 28 heavy (non-hydrogen) atoms. The van der Waals surface area contributed by atoms with Gasteiger partial charge in [-0.2, -0.15) is 5.10 Å². The number of nitrogens with one attached hydrogen (secondary N) is 2. The van der Waals surface area contributed by atoms with Crippen LogP contribution in [0.5, 0.6) is 0 Å². The number of benzene rings is 2. The van der Waals surface area contributed by atoms with Crippen molar-refractivity contribution < 1.29 is 4.42 Å². The van der Waals surface area contributed by atoms with Crippen molar-refractivity contribution in [2.75, 3.05) is 5.32 Å². The minimum absolute atomic E-state index is 0.272. The molecule has 2 aromatic carbocycles. The van der Waals surface area contributed by atoms with Crippen LogP contribution in [0, 0.1) is 0 Å². The van der Waals surface area contributed by atoms with Crippen LogP contribution in [0.2, 0.25) is 25.1 Å². The number of thiocarbonyl (C=S) groups is 1. The second-order valence-electron chi connectivity index (χ2n) is 5.40. The molecule has 0 amide bonds. The summed E-state index contributed by atoms with van der Waals surface area (Å²) in [6, 6.07) is 11.7. The third kappa shape index (κ3) is 5.32. The van der Waals surface area contributed by atoms with Crippen LogP contribution in [0.25, 0.3) is 11.3 Å². The first-order valence-electron chi connectivity index (χ1n) is 7.63. The number of hydrazone groups is 1. The number of hydrogen-bond acceptors (Lipinski definition) is 3. The Morgan fingerprint density at radius 2 is 1.57 bits per heavy atom. The molecule has 3 rings (SSSR count). The summed E-state index contributed by atoms with van der Waals surface area (Å²) in [6.45, 7) is 0. The first-order chi connectivity index (χ1) is 13.3. The van der Waals surface area contributed by atoms with Crippen LogP contribution in [0.1, 0.15) is 5.76 Å². The zero-order valence-electron chi connectivity index (χ0n) is 13.8. The third-order valence-electron chi connectivity index (χ3n) is 3.44. The van der Waals surface area contributed by atoms with Gasteiger partial charge in [0.1, 0.15) is 11.5 Å². The molecule has 0 unspecified atom stereocenters. The van der Waals surface area contributed by atoms with Crippen molar-refractivity contribution in [2.45, 2.75) is 0 Å². The lowest BCUT2D eigenvalue weighted by Crippen LogP contribution is -2.23. The van der Waals surface area contributed by atoms with Crippen LogP contribution in [0.4, 0.5) is 5.69 Å². The highest BCUT2D eigenvalue weighted by Crippen LogP contribution is 2.35. The molecule has 2 N–H and O–H groups in total. The van der Waals surface area contributed by atoms with Gasteiger partial charge in [-0.15, -0.1) is 0 Å². The highest BCUT2D eigenvalue weighted by Gasteiger charge is 2.11. The van der Waals surface area contributed by atoms with Crippen molar-refractivity contribution >= 4 is 87.2 Å². The Kier molecular flexibility index (Phi) is 7.10. The van der Waals surface area contributed by atoms with Gasteiger partial charge in [-0.3, -0.25) is 5.43 Å². The topological polar surface area (TPSA) is 49.6 Å². The first-order valence-corrected chi connectivity index (χ1v) is 9.93. The van der Waals surface area contributed by atoms with E-state index in [0.717, 1.165) is 0 Å². The van der Waals surface area contributed by atoms with E-state index in [-0.39, 0.29) is 5.11 Å². The van der Waals surface area contributed by atoms with Crippen LogP contribution >= 0.6 is 70.2 Å². The Bertz CT molecular complexity index is 1070. The molecule has 0 fully saturated rings. The molecule has 4 nitrogen and oxygen atoms in total. The highest BCUT2D eigenvalue weighted by molar-refractivity contribution is 7.80. The summed E-state index contributed by atoms with van der Waals surface area (Å²) in [5.41, 5.74) is 3.98. The van der Waals surface area contributed by atoms with Crippen LogP contribution in [0.15, 0.2) is 52.0 Å². The van der Waals surface area contributed by atoms with Gasteiger partial charge in [0.05, 0.1) is 31.3 Å². The fourth-order valence-electron chi connectivity index (χ4n) is 2.17. The molecule has 10 heteroatoms. The summed E-state index contributed by atoms with van der Waals surface area (Å²) in [5.74, 6) is 1.02. The zero-order chi connectivity index (χ0) is 20.3. The van der Waals surface area contributed by atoms with E-state index in [2.05, 4.69) is 15.8 Å². The van der Waals surface area contributed by atoms with Gasteiger partial charge in [0.25, 0.3) is 0 Å². The largest absolute Gasteiger partial charge is 0.455 e. The Balaban J connectivity index is 1.63. The standard InChI is InChI=1S/C18H10Cl5N3OS/c19-12-3-1-9(5-14(12)21)25-18(28)26-24-8-10-2-4-17(27-10)11-6-15(22)16(23)7-13(11)20/h1-8H,(H2,25,26,28)/b24-8+. The zero-order valence-corrected chi connectivity index (χ0v) is 18.4. The molecule has 0 radical (unpaired) electrons. The van der Waals surface area contributed by atoms with Crippen LogP contribution in [0.3, 0.4) is 0 Å². The minimum atomic E-state index is 0.272. The SMILES string of the molecule is S=C(N/N=C/c1ccc(-c2cc(Cl)c(Cl)cc2Cl)o1)Nc1ccc(Cl)c(Cl)c1. The first kappa shape index (κ1) is 21.2. The quantitative estimate of drug-likeness (QED) is 0.171. The van der Waals surface area contributed by atoms with Gasteiger partial charge in [-0.25, -0.2) is 0 Å². The molecule has 0 bridgehead atoms. The Morgan fingerprint density at radius 3 is 2.32 bits per heavy atom. The van der Waals surface area contributed by atoms with E-state index in [9.17, 15) is 0 Å². The molecule has 0 saturated heterocycles. The summed E-state index contributed by atoms with van der Waals surface area (Å²) >= 11 is 35.2. The lowest BCUT2D eigenvalue weighted by Gasteiger charge is -2.07. The Hall–Kier alpha value is -1.47. The number of hydrogen-bond donors (Lipinski definition) is 2. The fourth-order valence-corrected chi connectivity index (χ4v) is 3.27. The summed E-state index contributed by atoms with van der Waals surface area (Å²) in [5, 5.41) is 9.29. The normalized spacial score (nSPS) is 11.0. The smallest absolute Gasteiger partial charge is 0.191 e. The Labute approximate surface area is 191 Å². The van der Waals surface area contributed by atoms with Gasteiger partial charge in [-0.05, 0) is 54.7 Å². The fraction of sp³-hybridized carbons (Fsp3) is 0. The molecule has 1 heterocycles. The Morgan fingerprint density at radius 1 is 0.857 bits per heavy atom. The van der Waals surface area contributed by atoms with Gasteiger partial charge in [-0.1, -0.05) is 58.0 Å². The second kappa shape index (κ2) is 9.35. The molecular weight excluding hydrogens is 484 g/mol. The van der Waals surface area contributed by atoms with Crippen molar-refractivity contribution in [3.8, 4) is 11.3 Å². The van der Waals surface area contributed by atoms with Crippen molar-refractivity contribution in [1.82, 2.24) is 5.43 Å². The number of nitrogens with zero attached hydrogens (tertiary/aromatic N) is 1. The van der Waals surface area contributed by atoms with Crippen LogP contribution in [-0.4, -0.2) is 11.3 Å². The molecule has 1 aromatic heterocycles. The molecule has 0 aliphatic heterocycles. The minimum Gasteiger partial charge on any atom is -0.455 e. The van der Waals surface area contributed by atoms with Crippen LogP contribution < -0.4 is 10.7 Å². The lowest BCUT2D eigenvalue weighted by atomic mass is 10.2. The number of anilines is 1. The average Bonchev–Trinajstić information content (AvgIpc) is 3.10. The van der Waals surface area contributed by atoms with Gasteiger partial charge in [0.2, 0.25) is 0 Å². The van der Waals surface area contributed by atoms with Gasteiger partial charge in [0.15, 0.2) is 5.11 Å².